The number of fused-ring (bicyclic) bond motifs is 2. The maximum atomic E-state index is 14.2. The molecule has 0 aliphatic rings. The van der Waals surface area contributed by atoms with E-state index in [2.05, 4.69) is 34.4 Å². The first kappa shape index (κ1) is 60.6. The Morgan fingerprint density at radius 1 is 0.742 bits per heavy atom. The summed E-state index contributed by atoms with van der Waals surface area (Å²) in [5, 5.41) is 19.8. The molecule has 0 atom stereocenters. The largest absolute Gasteiger partial charge is 1.00 e. The van der Waals surface area contributed by atoms with Crippen LogP contribution < -0.4 is 134 Å². The molecule has 66 heavy (non-hydrogen) atoms. The molecule has 0 bridgehead atoms. The normalized spacial score (nSPS) is 12.5. The van der Waals surface area contributed by atoms with Crippen molar-refractivity contribution in [3.63, 3.8) is 0 Å². The Hall–Kier alpha value is -1.53. The van der Waals surface area contributed by atoms with E-state index in [1.807, 2.05) is 0 Å². The number of benzene rings is 5. The minimum Gasteiger partial charge on any atom is -0.870 e. The van der Waals surface area contributed by atoms with Gasteiger partial charge >= 0.3 is 129 Å². The van der Waals surface area contributed by atoms with Crippen LogP contribution in [0.25, 0.3) is 21.5 Å². The van der Waals surface area contributed by atoms with Crippen LogP contribution in [0.3, 0.4) is 0 Å². The summed E-state index contributed by atoms with van der Waals surface area (Å²) in [4.78, 5) is 12.5. The van der Waals surface area contributed by atoms with Gasteiger partial charge in [-0.2, -0.15) is 18.4 Å². The molecule has 23 nitrogen and oxygen atoms in total. The third-order valence-corrected chi connectivity index (χ3v) is 13.4. The fraction of sp³-hybridized carbons (Fsp3) is 0.121. The molecule has 0 saturated heterocycles. The minimum absolute atomic E-state index is 0. The summed E-state index contributed by atoms with van der Waals surface area (Å²) >= 11 is 6.22. The van der Waals surface area contributed by atoms with E-state index in [1.54, 1.807) is 13.0 Å². The molecular weight excluding hydrogens is 1040 g/mol. The van der Waals surface area contributed by atoms with Crippen LogP contribution in [-0.4, -0.2) is 94.2 Å². The van der Waals surface area contributed by atoms with Crippen LogP contribution in [-0.2, 0) is 54.8 Å². The van der Waals surface area contributed by atoms with Gasteiger partial charge in [0.1, 0.15) is 36.0 Å². The molecule has 1 heterocycles. The monoisotopic (exact) mass is 1060 g/mol. The summed E-state index contributed by atoms with van der Waals surface area (Å²) in [5.41, 5.74) is -3.02. The van der Waals surface area contributed by atoms with Gasteiger partial charge in [-0.25, -0.2) is 42.8 Å². The number of azo groups is 1. The second-order valence-electron chi connectivity index (χ2n) is 12.5. The molecule has 0 aliphatic carbocycles. The van der Waals surface area contributed by atoms with Gasteiger partial charge in [-0.1, -0.05) is 42.1 Å². The average molecular weight is 1060 g/mol. The fourth-order valence-electron chi connectivity index (χ4n) is 5.93. The molecule has 0 saturated carbocycles. The summed E-state index contributed by atoms with van der Waals surface area (Å²) in [6.07, 6.45) is 0. The third kappa shape index (κ3) is 14.5. The number of anilines is 2. The van der Waals surface area contributed by atoms with Crippen molar-refractivity contribution in [3.05, 3.63) is 89.8 Å². The molecule has 5 aromatic carbocycles. The van der Waals surface area contributed by atoms with E-state index in [-0.39, 0.29) is 152 Å². The van der Waals surface area contributed by atoms with Crippen molar-refractivity contribution in [3.8, 4) is 5.75 Å². The Kier molecular flexibility index (Phi) is 21.7. The maximum Gasteiger partial charge on any atom is 1.00 e. The second-order valence-corrected chi connectivity index (χ2v) is 20.1. The van der Waals surface area contributed by atoms with Gasteiger partial charge in [0.25, 0.3) is 0 Å². The molecule has 0 unspecified atom stereocenters. The van der Waals surface area contributed by atoms with Crippen LogP contribution in [0.2, 0.25) is 5.28 Å². The first-order valence-corrected chi connectivity index (χ1v) is 24.4. The van der Waals surface area contributed by atoms with Crippen molar-refractivity contribution in [2.24, 2.45) is 15.2 Å². The van der Waals surface area contributed by atoms with Crippen molar-refractivity contribution in [2.45, 2.75) is 26.5 Å². The summed E-state index contributed by atoms with van der Waals surface area (Å²) in [6, 6.07) is 14.9. The molecule has 0 fully saturated rings. The quantitative estimate of drug-likeness (QED) is 0.0581. The Balaban J connectivity index is 0.00000374. The van der Waals surface area contributed by atoms with Crippen LogP contribution in [0, 0.1) is 0 Å². The zero-order valence-corrected chi connectivity index (χ0v) is 47.6. The smallest absolute Gasteiger partial charge is 0.870 e. The Labute approximate surface area is 469 Å². The van der Waals surface area contributed by atoms with Crippen molar-refractivity contribution in [1.29, 1.82) is 0 Å². The van der Waals surface area contributed by atoms with Gasteiger partial charge < -0.3 is 23.7 Å². The fourth-order valence-corrected chi connectivity index (χ4v) is 9.61. The van der Waals surface area contributed by atoms with Gasteiger partial charge in [-0.05, 0) is 71.8 Å². The standard InChI is InChI=1S/C33H28ClN7O16S5.4Na/c1-2-41(20-7-5-8-21(16-20)58(43,44)13-12-57-62(54,55)56)33-37-31(34)36-32(38-33)35-25-17-22(59(45,46)47)14-19-15-26(60(48,49)50)28(29(42)27(19)25)40-39-24-11-10-18-6-3-4-9-23(18)30(24)61(51,52)53;;;;/h3-11,14-17,42H,2,12-13H2,1H3,(H,45,46,47)(H,48,49,50)(H,51,52,53)(H,54,55,56)(H,35,36,37,38);;;;/q;4*+1/p-4. The number of aromatic nitrogens is 3. The average Bonchev–Trinajstić information content (AvgIpc) is 3.15. The number of rotatable bonds is 14. The zero-order chi connectivity index (χ0) is 45.6. The molecule has 1 aromatic heterocycles. The van der Waals surface area contributed by atoms with E-state index >= 15 is 0 Å². The van der Waals surface area contributed by atoms with Gasteiger partial charge in [-0.3, -0.25) is 9.54 Å². The Morgan fingerprint density at radius 2 is 1.41 bits per heavy atom. The third-order valence-electron chi connectivity index (χ3n) is 8.50. The van der Waals surface area contributed by atoms with Crippen LogP contribution >= 0.6 is 11.6 Å². The van der Waals surface area contributed by atoms with Crippen LogP contribution in [0.1, 0.15) is 6.92 Å². The number of halogens is 1. The Bertz CT molecular complexity index is 3520. The van der Waals surface area contributed by atoms with Gasteiger partial charge in [0.2, 0.25) is 16.9 Å². The van der Waals surface area contributed by atoms with Crippen LogP contribution in [0.15, 0.2) is 114 Å². The number of hydrogen-bond acceptors (Lipinski definition) is 21. The minimum atomic E-state index is -5.69. The van der Waals surface area contributed by atoms with E-state index < -0.39 is 122 Å². The molecule has 0 amide bonds. The number of nitrogens with one attached hydrogen (secondary N) is 1. The van der Waals surface area contributed by atoms with Gasteiger partial charge in [0.05, 0.1) is 43.3 Å². The molecule has 6 aromatic rings. The van der Waals surface area contributed by atoms with Crippen LogP contribution in [0.4, 0.5) is 28.7 Å². The maximum absolute atomic E-state index is 14.2. The molecular formula is C33H24ClN7Na4O16S5. The molecule has 0 aliphatic heterocycles. The van der Waals surface area contributed by atoms with Crippen molar-refractivity contribution in [2.75, 3.05) is 23.8 Å². The SMILES string of the molecule is CCN(c1cccc(S(=O)(=O)CCOS(=O)(=O)O)c1)c1nc(Cl)nc(=Nc2cc(S(=O)(=O)[O-])cc3cc(S(=O)(=O)[O-])c(N=Nc4ccc5ccccc5c4S(=O)(=O)[O-])c([O-])c23)[nH]1.[Na+].[Na+].[Na+].[Na+]. The Morgan fingerprint density at radius 3 is 2.02 bits per heavy atom. The molecule has 2 N–H and O–H groups in total. The van der Waals surface area contributed by atoms with Crippen molar-refractivity contribution < 1.29 is 188 Å². The van der Waals surface area contributed by atoms with E-state index in [0.717, 1.165) is 12.1 Å². The van der Waals surface area contributed by atoms with Crippen molar-refractivity contribution >= 4 is 112 Å². The number of H-pyrrole nitrogens is 1. The predicted octanol–water partition coefficient (Wildman–Crippen LogP) is -9.03. The van der Waals surface area contributed by atoms with E-state index in [9.17, 15) is 60.9 Å². The predicted molar refractivity (Wildman–Crippen MR) is 211 cm³/mol. The van der Waals surface area contributed by atoms with Gasteiger partial charge in [0.15, 0.2) is 9.84 Å². The molecule has 328 valence electrons. The molecule has 6 rings (SSSR count). The number of sulfone groups is 1. The first-order chi connectivity index (χ1) is 28.8. The second kappa shape index (κ2) is 23.6. The van der Waals surface area contributed by atoms with Crippen LogP contribution in [0.5, 0.6) is 5.75 Å². The first-order valence-electron chi connectivity index (χ1n) is 16.8. The van der Waals surface area contributed by atoms with E-state index in [4.69, 9.17) is 16.2 Å². The van der Waals surface area contributed by atoms with E-state index in [0.29, 0.717) is 18.2 Å². The van der Waals surface area contributed by atoms with Crippen molar-refractivity contribution in [1.82, 2.24) is 15.0 Å². The number of nitrogens with zero attached hydrogens (tertiary/aromatic N) is 6. The summed E-state index contributed by atoms with van der Waals surface area (Å²) in [6.45, 7) is 0.698. The molecule has 0 radical (unpaired) electrons. The van der Waals surface area contributed by atoms with Gasteiger partial charge in [-0.15, -0.1) is 10.2 Å². The van der Waals surface area contributed by atoms with Gasteiger partial charge in [0, 0.05) is 23.0 Å². The molecule has 0 spiro atoms. The topological polar surface area (TPSA) is 374 Å². The summed E-state index contributed by atoms with van der Waals surface area (Å²) in [5.74, 6) is -2.52. The number of hydrogen-bond donors (Lipinski definition) is 2. The summed E-state index contributed by atoms with van der Waals surface area (Å²) in [7, 11) is -25.5. The summed E-state index contributed by atoms with van der Waals surface area (Å²) < 4.78 is 172. The van der Waals surface area contributed by atoms with E-state index in [1.165, 1.54) is 47.4 Å². The zero-order valence-electron chi connectivity index (χ0n) is 34.8. The molecule has 33 heteroatoms. The number of aromatic amines is 1.